The molecule has 3 N–H and O–H groups in total. The van der Waals surface area contributed by atoms with E-state index in [2.05, 4.69) is 51.4 Å². The molecule has 1 amide bonds. The Labute approximate surface area is 169 Å². The van der Waals surface area contributed by atoms with Gasteiger partial charge in [0.05, 0.1) is 5.69 Å². The highest BCUT2D eigenvalue weighted by atomic mass is 16.4. The number of amides is 1. The lowest BCUT2D eigenvalue weighted by Crippen LogP contribution is -2.34. The van der Waals surface area contributed by atoms with E-state index in [4.69, 9.17) is 5.11 Å². The molecule has 8 nitrogen and oxygen atoms in total. The van der Waals surface area contributed by atoms with Gasteiger partial charge in [0.1, 0.15) is 12.4 Å². The van der Waals surface area contributed by atoms with Crippen LogP contribution in [0.25, 0.3) is 0 Å². The summed E-state index contributed by atoms with van der Waals surface area (Å²) >= 11 is 0. The second kappa shape index (κ2) is 8.89. The molecule has 3 rings (SSSR count). The summed E-state index contributed by atoms with van der Waals surface area (Å²) in [5.41, 5.74) is 2.61. The maximum absolute atomic E-state index is 12.2. The van der Waals surface area contributed by atoms with Gasteiger partial charge in [0.2, 0.25) is 0 Å². The van der Waals surface area contributed by atoms with E-state index in [9.17, 15) is 14.7 Å². The number of anilines is 1. The highest BCUT2D eigenvalue weighted by Gasteiger charge is 2.23. The van der Waals surface area contributed by atoms with Gasteiger partial charge in [-0.25, -0.2) is 9.97 Å². The van der Waals surface area contributed by atoms with Crippen molar-refractivity contribution in [1.29, 1.82) is 0 Å². The molecule has 0 atom stereocenters. The minimum absolute atomic E-state index is 0.175. The number of aromatic hydroxyl groups is 1. The van der Waals surface area contributed by atoms with Crippen LogP contribution in [0.4, 0.5) is 5.69 Å². The lowest BCUT2D eigenvalue weighted by molar-refractivity contribution is -0.135. The largest absolute Gasteiger partial charge is 0.504 e. The number of aromatic nitrogens is 2. The van der Waals surface area contributed by atoms with Crippen LogP contribution in [0.2, 0.25) is 0 Å². The Morgan fingerprint density at radius 2 is 1.93 bits per heavy atom. The second-order valence-electron chi connectivity index (χ2n) is 7.47. The van der Waals surface area contributed by atoms with Gasteiger partial charge >= 0.3 is 5.97 Å². The van der Waals surface area contributed by atoms with Crippen LogP contribution in [0.1, 0.15) is 40.4 Å². The zero-order valence-electron chi connectivity index (χ0n) is 16.7. The van der Waals surface area contributed by atoms with E-state index in [1.54, 1.807) is 6.92 Å². The van der Waals surface area contributed by atoms with E-state index in [1.165, 1.54) is 11.3 Å². The Balaban J connectivity index is 1.65. The second-order valence-corrected chi connectivity index (χ2v) is 7.47. The summed E-state index contributed by atoms with van der Waals surface area (Å²) in [7, 11) is 0. The van der Waals surface area contributed by atoms with Gasteiger partial charge in [0.15, 0.2) is 11.4 Å². The number of carbonyl (C=O) groups excluding carboxylic acids is 1. The fraction of sp³-hybridized carbons (Fsp3) is 0.429. The predicted octanol–water partition coefficient (Wildman–Crippen LogP) is 2.07. The van der Waals surface area contributed by atoms with E-state index in [1.807, 2.05) is 0 Å². The van der Waals surface area contributed by atoms with Crippen LogP contribution in [0.3, 0.4) is 0 Å². The van der Waals surface area contributed by atoms with Gasteiger partial charge in [-0.15, -0.1) is 0 Å². The van der Waals surface area contributed by atoms with Gasteiger partial charge in [-0.1, -0.05) is 12.1 Å². The smallest absolute Gasteiger partial charge is 0.322 e. The fourth-order valence-corrected chi connectivity index (χ4v) is 3.59. The summed E-state index contributed by atoms with van der Waals surface area (Å²) in [5.74, 6) is -1.31. The van der Waals surface area contributed by atoms with E-state index in [0.717, 1.165) is 25.9 Å². The van der Waals surface area contributed by atoms with Crippen LogP contribution < -0.4 is 10.2 Å². The minimum Gasteiger partial charge on any atom is -0.504 e. The lowest BCUT2D eigenvalue weighted by atomic mass is 9.92. The Morgan fingerprint density at radius 3 is 2.59 bits per heavy atom. The third-order valence-corrected chi connectivity index (χ3v) is 5.17. The molecule has 0 bridgehead atoms. The van der Waals surface area contributed by atoms with Crippen LogP contribution in [0.5, 0.6) is 5.75 Å². The normalized spacial score (nSPS) is 14.6. The van der Waals surface area contributed by atoms with Crippen molar-refractivity contribution in [3.63, 3.8) is 0 Å². The van der Waals surface area contributed by atoms with Crippen molar-refractivity contribution in [2.24, 2.45) is 5.92 Å². The first-order valence-corrected chi connectivity index (χ1v) is 9.71. The Hall–Kier alpha value is -3.16. The average molecular weight is 398 g/mol. The summed E-state index contributed by atoms with van der Waals surface area (Å²) in [5, 5.41) is 21.0. The molecule has 8 heteroatoms. The van der Waals surface area contributed by atoms with E-state index < -0.39 is 18.4 Å². The van der Waals surface area contributed by atoms with E-state index in [0.29, 0.717) is 23.9 Å². The van der Waals surface area contributed by atoms with Gasteiger partial charge in [0, 0.05) is 25.2 Å². The Bertz CT molecular complexity index is 908. The highest BCUT2D eigenvalue weighted by Crippen LogP contribution is 2.27. The van der Waals surface area contributed by atoms with Crippen molar-refractivity contribution < 1.29 is 19.8 Å². The van der Waals surface area contributed by atoms with Crippen molar-refractivity contribution in [2.75, 3.05) is 24.5 Å². The molecule has 1 aliphatic rings. The van der Waals surface area contributed by atoms with Gasteiger partial charge < -0.3 is 20.4 Å². The number of nitrogens with zero attached hydrogens (tertiary/aromatic N) is 3. The van der Waals surface area contributed by atoms with Gasteiger partial charge in [-0.3, -0.25) is 9.59 Å². The number of rotatable bonds is 6. The molecule has 0 aliphatic carbocycles. The number of hydrogen-bond donors (Lipinski definition) is 3. The van der Waals surface area contributed by atoms with Crippen LogP contribution in [0, 0.1) is 19.8 Å². The summed E-state index contributed by atoms with van der Waals surface area (Å²) < 4.78 is 0. The summed E-state index contributed by atoms with van der Waals surface area (Å²) in [6, 6.07) is 8.47. The SMILES string of the molecule is Cc1cccc(N2CCC(Cc3nc(C)c(O)c(C(=O)NCC(=O)O)n3)CC2)c1. The molecule has 0 radical (unpaired) electrons. The van der Waals surface area contributed by atoms with Crippen LogP contribution in [-0.4, -0.2) is 51.7 Å². The van der Waals surface area contributed by atoms with Crippen LogP contribution >= 0.6 is 0 Å². The van der Waals surface area contributed by atoms with Crippen LogP contribution in [-0.2, 0) is 11.2 Å². The van der Waals surface area contributed by atoms with Gasteiger partial charge in [-0.2, -0.15) is 0 Å². The van der Waals surface area contributed by atoms with Crippen molar-refractivity contribution in [2.45, 2.75) is 33.1 Å². The topological polar surface area (TPSA) is 116 Å². The molecule has 1 fully saturated rings. The number of aryl methyl sites for hydroxylation is 2. The number of aliphatic carboxylic acids is 1. The van der Waals surface area contributed by atoms with Crippen molar-refractivity contribution >= 4 is 17.6 Å². The first kappa shape index (κ1) is 20.6. The third-order valence-electron chi connectivity index (χ3n) is 5.17. The van der Waals surface area contributed by atoms with Gasteiger partial charge in [0.25, 0.3) is 5.91 Å². The van der Waals surface area contributed by atoms with E-state index >= 15 is 0 Å². The molecule has 2 aromatic rings. The van der Waals surface area contributed by atoms with Crippen molar-refractivity contribution in [1.82, 2.24) is 15.3 Å². The van der Waals surface area contributed by atoms with E-state index in [-0.39, 0.29) is 11.4 Å². The molecular weight excluding hydrogens is 372 g/mol. The zero-order chi connectivity index (χ0) is 21.0. The van der Waals surface area contributed by atoms with Crippen molar-refractivity contribution in [3.8, 4) is 5.75 Å². The molecule has 1 aromatic carbocycles. The standard InChI is InChI=1S/C21H26N4O4/c1-13-4-3-5-16(10-13)25-8-6-15(7-9-25)11-17-23-14(2)20(28)19(24-17)21(29)22-12-18(26)27/h3-5,10,15,28H,6-9,11-12H2,1-2H3,(H,22,29)(H,26,27). The molecule has 154 valence electrons. The first-order valence-electron chi connectivity index (χ1n) is 9.71. The fourth-order valence-electron chi connectivity index (χ4n) is 3.59. The summed E-state index contributed by atoms with van der Waals surface area (Å²) in [6.07, 6.45) is 2.58. The third kappa shape index (κ3) is 5.22. The predicted molar refractivity (Wildman–Crippen MR) is 108 cm³/mol. The number of carbonyl (C=O) groups is 2. The highest BCUT2D eigenvalue weighted by molar-refractivity contribution is 5.96. The number of benzene rings is 1. The maximum Gasteiger partial charge on any atom is 0.322 e. The molecular formula is C21H26N4O4. The molecule has 1 aromatic heterocycles. The van der Waals surface area contributed by atoms with Crippen molar-refractivity contribution in [3.05, 3.63) is 47.0 Å². The minimum atomic E-state index is -1.16. The monoisotopic (exact) mass is 398 g/mol. The van der Waals surface area contributed by atoms with Gasteiger partial charge in [-0.05, 0) is 50.3 Å². The number of carboxylic acids is 1. The number of carboxylic acid groups (broad SMARTS) is 1. The maximum atomic E-state index is 12.2. The quantitative estimate of drug-likeness (QED) is 0.682. The Kier molecular flexibility index (Phi) is 6.31. The molecule has 0 spiro atoms. The number of nitrogens with one attached hydrogen (secondary N) is 1. The first-order chi connectivity index (χ1) is 13.8. The molecule has 2 heterocycles. The molecule has 0 unspecified atom stereocenters. The number of piperidine rings is 1. The van der Waals surface area contributed by atoms with Crippen LogP contribution in [0.15, 0.2) is 24.3 Å². The summed E-state index contributed by atoms with van der Waals surface area (Å²) in [4.78, 5) is 33.7. The average Bonchev–Trinajstić information content (AvgIpc) is 2.69. The Morgan fingerprint density at radius 1 is 1.21 bits per heavy atom. The molecule has 1 aliphatic heterocycles. The number of hydrogen-bond acceptors (Lipinski definition) is 6. The molecule has 29 heavy (non-hydrogen) atoms. The molecule has 1 saturated heterocycles. The lowest BCUT2D eigenvalue weighted by Gasteiger charge is -2.33. The zero-order valence-corrected chi connectivity index (χ0v) is 16.7. The summed E-state index contributed by atoms with van der Waals surface area (Å²) in [6.45, 7) is 5.04. The molecule has 0 saturated carbocycles.